The Balaban J connectivity index is 1.86. The topological polar surface area (TPSA) is 77.1 Å². The van der Waals surface area contributed by atoms with E-state index in [1.165, 1.54) is 14.2 Å². The number of amides is 2. The maximum Gasteiger partial charge on any atom is 0.265 e. The lowest BCUT2D eigenvalue weighted by molar-refractivity contribution is -0.121. The van der Waals surface area contributed by atoms with Crippen LogP contribution in [0.2, 0.25) is 0 Å². The zero-order valence-corrected chi connectivity index (χ0v) is 17.0. The number of nitrogens with zero attached hydrogens (tertiary/aromatic N) is 1. The summed E-state index contributed by atoms with van der Waals surface area (Å²) in [5.74, 6) is 1.02. The number of methoxy groups -OCH3 is 2. The third-order valence-electron chi connectivity index (χ3n) is 4.80. The number of hydrogen-bond acceptors (Lipinski definition) is 5. The van der Waals surface area contributed by atoms with E-state index in [4.69, 9.17) is 14.2 Å². The van der Waals surface area contributed by atoms with Crippen molar-refractivity contribution in [3.05, 3.63) is 42.0 Å². The molecule has 0 radical (unpaired) electrons. The second-order valence-corrected chi connectivity index (χ2v) is 6.72. The van der Waals surface area contributed by atoms with Gasteiger partial charge in [-0.3, -0.25) is 9.59 Å². The molecule has 7 nitrogen and oxygen atoms in total. The highest BCUT2D eigenvalue weighted by Gasteiger charge is 2.26. The van der Waals surface area contributed by atoms with E-state index in [1.807, 2.05) is 0 Å². The fraction of sp³-hybridized carbons (Fsp3) is 0.364. The summed E-state index contributed by atoms with van der Waals surface area (Å²) in [5.41, 5.74) is 1.53. The van der Waals surface area contributed by atoms with Crippen LogP contribution in [0.3, 0.4) is 0 Å². The predicted octanol–water partition coefficient (Wildman–Crippen LogP) is 3.87. The van der Waals surface area contributed by atoms with Crippen LogP contribution in [0.1, 0.15) is 36.5 Å². The van der Waals surface area contributed by atoms with Crippen molar-refractivity contribution in [1.82, 2.24) is 0 Å². The lowest BCUT2D eigenvalue weighted by Gasteiger charge is -2.30. The van der Waals surface area contributed by atoms with Gasteiger partial charge in [0.05, 0.1) is 19.9 Å². The van der Waals surface area contributed by atoms with Crippen molar-refractivity contribution in [3.8, 4) is 17.2 Å². The average molecular weight is 398 g/mol. The zero-order valence-electron chi connectivity index (χ0n) is 17.0. The first kappa shape index (κ1) is 20.5. The van der Waals surface area contributed by atoms with Gasteiger partial charge in [-0.15, -0.1) is 0 Å². The van der Waals surface area contributed by atoms with Crippen molar-refractivity contribution in [2.75, 3.05) is 37.6 Å². The molecular formula is C22H26N2O5. The molecule has 0 saturated carbocycles. The van der Waals surface area contributed by atoms with Gasteiger partial charge in [0.2, 0.25) is 0 Å². The number of rotatable bonds is 8. The summed E-state index contributed by atoms with van der Waals surface area (Å²) < 4.78 is 16.2. The third kappa shape index (κ3) is 4.45. The highest BCUT2D eigenvalue weighted by Crippen LogP contribution is 2.36. The molecule has 2 aromatic rings. The van der Waals surface area contributed by atoms with Crippen molar-refractivity contribution in [2.45, 2.75) is 26.2 Å². The monoisotopic (exact) mass is 398 g/mol. The molecule has 2 amide bonds. The minimum Gasteiger partial charge on any atom is -0.496 e. The molecule has 0 aliphatic carbocycles. The number of ether oxygens (including phenoxy) is 3. The lowest BCUT2D eigenvalue weighted by atomic mass is 10.1. The van der Waals surface area contributed by atoms with Crippen molar-refractivity contribution in [3.63, 3.8) is 0 Å². The number of carbonyl (C=O) groups is 2. The Morgan fingerprint density at radius 3 is 2.52 bits per heavy atom. The van der Waals surface area contributed by atoms with Gasteiger partial charge in [0, 0.05) is 12.2 Å². The van der Waals surface area contributed by atoms with E-state index >= 15 is 0 Å². The molecule has 3 rings (SSSR count). The largest absolute Gasteiger partial charge is 0.496 e. The standard InChI is InChI=1S/C22H26N2O5/c1-4-5-6-12-24-16-13-15(10-11-17(16)29-14-20(24)25)23-22(26)21-18(27-2)8-7-9-19(21)28-3/h7-11,13H,4-6,12,14H2,1-3H3,(H,23,26). The van der Waals surface area contributed by atoms with Crippen molar-refractivity contribution in [2.24, 2.45) is 0 Å². The molecule has 0 fully saturated rings. The van der Waals surface area contributed by atoms with Gasteiger partial charge in [0.15, 0.2) is 6.61 Å². The van der Waals surface area contributed by atoms with Gasteiger partial charge >= 0.3 is 0 Å². The van der Waals surface area contributed by atoms with Crippen LogP contribution in [-0.4, -0.2) is 39.2 Å². The summed E-state index contributed by atoms with van der Waals surface area (Å²) in [5, 5.41) is 2.87. The van der Waals surface area contributed by atoms with Crippen LogP contribution in [-0.2, 0) is 4.79 Å². The van der Waals surface area contributed by atoms with E-state index in [1.54, 1.807) is 41.3 Å². The molecule has 2 aromatic carbocycles. The zero-order chi connectivity index (χ0) is 20.8. The Morgan fingerprint density at radius 2 is 1.86 bits per heavy atom. The fourth-order valence-corrected chi connectivity index (χ4v) is 3.31. The molecule has 1 aliphatic heterocycles. The minimum absolute atomic E-state index is 0.0310. The number of hydrogen-bond donors (Lipinski definition) is 1. The number of fused-ring (bicyclic) bond motifs is 1. The van der Waals surface area contributed by atoms with Gasteiger partial charge in [-0.25, -0.2) is 0 Å². The summed E-state index contributed by atoms with van der Waals surface area (Å²) in [7, 11) is 3.00. The minimum atomic E-state index is -0.361. The molecule has 0 saturated heterocycles. The van der Waals surface area contributed by atoms with E-state index in [2.05, 4.69) is 12.2 Å². The Morgan fingerprint density at radius 1 is 1.14 bits per heavy atom. The quantitative estimate of drug-likeness (QED) is 0.683. The van der Waals surface area contributed by atoms with E-state index in [-0.39, 0.29) is 18.4 Å². The van der Waals surface area contributed by atoms with Crippen LogP contribution < -0.4 is 24.4 Å². The first-order chi connectivity index (χ1) is 14.1. The van der Waals surface area contributed by atoms with Crippen LogP contribution in [0.4, 0.5) is 11.4 Å². The second kappa shape index (κ2) is 9.32. The van der Waals surface area contributed by atoms with Gasteiger partial charge in [0.1, 0.15) is 22.8 Å². The number of benzene rings is 2. The van der Waals surface area contributed by atoms with E-state index in [9.17, 15) is 9.59 Å². The van der Waals surface area contributed by atoms with Crippen molar-refractivity contribution in [1.29, 1.82) is 0 Å². The molecule has 29 heavy (non-hydrogen) atoms. The maximum atomic E-state index is 12.9. The van der Waals surface area contributed by atoms with Gasteiger partial charge in [-0.2, -0.15) is 0 Å². The summed E-state index contributed by atoms with van der Waals surface area (Å²) in [6.07, 6.45) is 3.03. The highest BCUT2D eigenvalue weighted by molar-refractivity contribution is 6.09. The molecule has 0 spiro atoms. The summed E-state index contributed by atoms with van der Waals surface area (Å²) >= 11 is 0. The normalized spacial score (nSPS) is 12.8. The smallest absolute Gasteiger partial charge is 0.265 e. The predicted molar refractivity (Wildman–Crippen MR) is 111 cm³/mol. The van der Waals surface area contributed by atoms with Gasteiger partial charge in [-0.05, 0) is 36.8 Å². The van der Waals surface area contributed by atoms with Crippen LogP contribution >= 0.6 is 0 Å². The van der Waals surface area contributed by atoms with E-state index in [0.717, 1.165) is 19.3 Å². The Bertz CT molecular complexity index is 875. The molecule has 0 unspecified atom stereocenters. The fourth-order valence-electron chi connectivity index (χ4n) is 3.31. The number of unbranched alkanes of at least 4 members (excludes halogenated alkanes) is 2. The van der Waals surface area contributed by atoms with Crippen LogP contribution in [0.25, 0.3) is 0 Å². The van der Waals surface area contributed by atoms with Crippen LogP contribution in [0.5, 0.6) is 17.2 Å². The second-order valence-electron chi connectivity index (χ2n) is 6.72. The third-order valence-corrected chi connectivity index (χ3v) is 4.80. The number of anilines is 2. The highest BCUT2D eigenvalue weighted by atomic mass is 16.5. The van der Waals surface area contributed by atoms with Crippen molar-refractivity contribution < 1.29 is 23.8 Å². The Kier molecular flexibility index (Phi) is 6.59. The molecule has 7 heteroatoms. The molecular weight excluding hydrogens is 372 g/mol. The first-order valence-electron chi connectivity index (χ1n) is 9.68. The Labute approximate surface area is 170 Å². The lowest BCUT2D eigenvalue weighted by Crippen LogP contribution is -2.39. The summed E-state index contributed by atoms with van der Waals surface area (Å²) in [6, 6.07) is 10.4. The molecule has 0 aromatic heterocycles. The SMILES string of the molecule is CCCCCN1C(=O)COc2ccc(NC(=O)c3c(OC)cccc3OC)cc21. The average Bonchev–Trinajstić information content (AvgIpc) is 2.74. The number of nitrogens with one attached hydrogen (secondary N) is 1. The van der Waals surface area contributed by atoms with Gasteiger partial charge in [0.25, 0.3) is 11.8 Å². The molecule has 154 valence electrons. The van der Waals surface area contributed by atoms with E-state index < -0.39 is 0 Å². The molecule has 1 heterocycles. The summed E-state index contributed by atoms with van der Waals surface area (Å²) in [4.78, 5) is 27.0. The van der Waals surface area contributed by atoms with Crippen LogP contribution in [0.15, 0.2) is 36.4 Å². The Hall–Kier alpha value is -3.22. The maximum absolute atomic E-state index is 12.9. The van der Waals surface area contributed by atoms with Gasteiger partial charge in [-0.1, -0.05) is 25.8 Å². The summed E-state index contributed by atoms with van der Waals surface area (Å²) in [6.45, 7) is 2.78. The molecule has 0 bridgehead atoms. The van der Waals surface area contributed by atoms with Crippen LogP contribution in [0, 0.1) is 0 Å². The first-order valence-corrected chi connectivity index (χ1v) is 9.68. The van der Waals surface area contributed by atoms with Crippen molar-refractivity contribution >= 4 is 23.2 Å². The molecule has 1 aliphatic rings. The number of carbonyl (C=O) groups excluding carboxylic acids is 2. The molecule has 0 atom stereocenters. The van der Waals surface area contributed by atoms with Gasteiger partial charge < -0.3 is 24.4 Å². The van der Waals surface area contributed by atoms with E-state index in [0.29, 0.717) is 40.7 Å². The molecule has 1 N–H and O–H groups in total.